The van der Waals surface area contributed by atoms with E-state index in [-0.39, 0.29) is 24.0 Å². The van der Waals surface area contributed by atoms with Gasteiger partial charge in [-0.25, -0.2) is 4.98 Å². The molecule has 2 aliphatic rings. The minimum absolute atomic E-state index is 0.0409. The number of ether oxygens (including phenoxy) is 1. The molecule has 5 nitrogen and oxygen atoms in total. The molecule has 0 bridgehead atoms. The third-order valence-electron chi connectivity index (χ3n) is 5.12. The van der Waals surface area contributed by atoms with Crippen LogP contribution in [0.25, 0.3) is 11.3 Å². The number of nitrogens with zero attached hydrogens (tertiary/aromatic N) is 2. The second-order valence-electron chi connectivity index (χ2n) is 6.70. The number of piperidine rings is 1. The van der Waals surface area contributed by atoms with Gasteiger partial charge >= 0.3 is 0 Å². The van der Waals surface area contributed by atoms with Crippen molar-refractivity contribution in [2.75, 3.05) is 13.7 Å². The first-order chi connectivity index (χ1) is 11.8. The van der Waals surface area contributed by atoms with Gasteiger partial charge in [0.15, 0.2) is 0 Å². The van der Waals surface area contributed by atoms with Gasteiger partial charge in [0.25, 0.3) is 0 Å². The number of aromatic nitrogens is 2. The molecule has 3 atom stereocenters. The molecule has 126 valence electrons. The molecule has 1 aromatic heterocycles. The highest BCUT2D eigenvalue weighted by Gasteiger charge is 2.47. The molecule has 1 aromatic carbocycles. The molecule has 2 heterocycles. The average Bonchev–Trinajstić information content (AvgIpc) is 3.28. The lowest BCUT2D eigenvalue weighted by Crippen LogP contribution is -2.40. The summed E-state index contributed by atoms with van der Waals surface area (Å²) < 4.78 is 5.32. The van der Waals surface area contributed by atoms with Crippen molar-refractivity contribution in [1.29, 1.82) is 0 Å². The summed E-state index contributed by atoms with van der Waals surface area (Å²) in [6, 6.07) is 10.2. The Labute approximate surface area is 142 Å². The first kappa shape index (κ1) is 15.4. The lowest BCUT2D eigenvalue weighted by molar-refractivity contribution is -0.137. The topological polar surface area (TPSA) is 58.2 Å². The van der Waals surface area contributed by atoms with Crippen molar-refractivity contribution in [1.82, 2.24) is 14.9 Å². The van der Waals surface area contributed by atoms with Crippen LogP contribution in [0.15, 0.2) is 36.5 Å². The Kier molecular flexibility index (Phi) is 4.10. The van der Waals surface area contributed by atoms with Gasteiger partial charge in [-0.15, -0.1) is 0 Å². The number of methoxy groups -OCH3 is 1. The van der Waals surface area contributed by atoms with Crippen LogP contribution < -0.4 is 0 Å². The van der Waals surface area contributed by atoms with Crippen molar-refractivity contribution in [2.24, 2.45) is 5.92 Å². The van der Waals surface area contributed by atoms with Crippen LogP contribution >= 0.6 is 0 Å². The maximum Gasteiger partial charge on any atom is 0.229 e. The fourth-order valence-corrected chi connectivity index (χ4v) is 3.65. The Morgan fingerprint density at radius 2 is 2.12 bits per heavy atom. The smallest absolute Gasteiger partial charge is 0.229 e. The van der Waals surface area contributed by atoms with Crippen LogP contribution in [0.4, 0.5) is 0 Å². The lowest BCUT2D eigenvalue weighted by atomic mass is 10.0. The Morgan fingerprint density at radius 3 is 2.88 bits per heavy atom. The molecule has 24 heavy (non-hydrogen) atoms. The number of hydrogen-bond donors (Lipinski definition) is 1. The summed E-state index contributed by atoms with van der Waals surface area (Å²) in [5.74, 6) is 1.17. The van der Waals surface area contributed by atoms with E-state index in [0.717, 1.165) is 49.3 Å². The number of hydrogen-bond acceptors (Lipinski definition) is 3. The number of likely N-dealkylation sites (tertiary alicyclic amines) is 1. The van der Waals surface area contributed by atoms with E-state index < -0.39 is 0 Å². The third kappa shape index (κ3) is 2.84. The Morgan fingerprint density at radius 1 is 1.29 bits per heavy atom. The molecule has 2 aromatic rings. The van der Waals surface area contributed by atoms with Crippen molar-refractivity contribution in [2.45, 2.75) is 37.8 Å². The predicted molar refractivity (Wildman–Crippen MR) is 91.2 cm³/mol. The summed E-state index contributed by atoms with van der Waals surface area (Å²) in [6.07, 6.45) is 6.07. The van der Waals surface area contributed by atoms with Gasteiger partial charge in [0, 0.05) is 25.4 Å². The molecule has 1 amide bonds. The zero-order chi connectivity index (χ0) is 16.5. The fraction of sp³-hybridized carbons (Fsp3) is 0.474. The molecule has 0 spiro atoms. The quantitative estimate of drug-likeness (QED) is 0.939. The molecule has 1 saturated carbocycles. The van der Waals surface area contributed by atoms with Crippen molar-refractivity contribution < 1.29 is 9.53 Å². The predicted octanol–water partition coefficient (Wildman–Crippen LogP) is 3.17. The van der Waals surface area contributed by atoms with E-state index in [4.69, 9.17) is 9.72 Å². The van der Waals surface area contributed by atoms with Crippen molar-refractivity contribution >= 4 is 5.91 Å². The van der Waals surface area contributed by atoms with E-state index in [2.05, 4.69) is 17.1 Å². The third-order valence-corrected chi connectivity index (χ3v) is 5.12. The summed E-state index contributed by atoms with van der Waals surface area (Å²) in [6.45, 7) is 0.817. The van der Waals surface area contributed by atoms with Crippen LogP contribution in [0, 0.1) is 5.92 Å². The van der Waals surface area contributed by atoms with Crippen molar-refractivity contribution in [3.05, 3.63) is 42.4 Å². The largest absolute Gasteiger partial charge is 0.381 e. The van der Waals surface area contributed by atoms with Gasteiger partial charge in [0.05, 0.1) is 23.8 Å². The monoisotopic (exact) mass is 325 g/mol. The van der Waals surface area contributed by atoms with Gasteiger partial charge in [0.1, 0.15) is 5.82 Å². The number of carbonyl (C=O) groups excluding carboxylic acids is 1. The molecule has 2 fully saturated rings. The summed E-state index contributed by atoms with van der Waals surface area (Å²) in [5, 5.41) is 0. The van der Waals surface area contributed by atoms with E-state index in [9.17, 15) is 4.79 Å². The fourth-order valence-electron chi connectivity index (χ4n) is 3.65. The molecule has 1 saturated heterocycles. The number of benzene rings is 1. The van der Waals surface area contributed by atoms with Crippen LogP contribution in [0.5, 0.6) is 0 Å². The maximum atomic E-state index is 12.8. The first-order valence-electron chi connectivity index (χ1n) is 8.72. The Balaban J connectivity index is 1.55. The number of amides is 1. The highest BCUT2D eigenvalue weighted by Crippen LogP contribution is 2.39. The van der Waals surface area contributed by atoms with E-state index in [0.29, 0.717) is 0 Å². The molecule has 5 heteroatoms. The van der Waals surface area contributed by atoms with Crippen LogP contribution in [-0.2, 0) is 9.53 Å². The second kappa shape index (κ2) is 6.40. The zero-order valence-electron chi connectivity index (χ0n) is 13.9. The van der Waals surface area contributed by atoms with Crippen LogP contribution in [0.2, 0.25) is 0 Å². The van der Waals surface area contributed by atoms with Gasteiger partial charge in [-0.05, 0) is 25.7 Å². The Bertz CT molecular complexity index is 712. The van der Waals surface area contributed by atoms with Gasteiger partial charge in [-0.2, -0.15) is 0 Å². The Hall–Kier alpha value is -2.14. The maximum absolute atomic E-state index is 12.8. The SMILES string of the molecule is COC1CC1C(=O)N1CCCCC1c1nc(-c2ccccc2)c[nH]1. The lowest BCUT2D eigenvalue weighted by Gasteiger charge is -2.34. The molecule has 1 N–H and O–H groups in total. The van der Waals surface area contributed by atoms with E-state index in [1.165, 1.54) is 0 Å². The van der Waals surface area contributed by atoms with E-state index >= 15 is 0 Å². The summed E-state index contributed by atoms with van der Waals surface area (Å²) in [4.78, 5) is 22.9. The van der Waals surface area contributed by atoms with Gasteiger partial charge in [0.2, 0.25) is 5.91 Å². The molecule has 4 rings (SSSR count). The zero-order valence-corrected chi connectivity index (χ0v) is 13.9. The molecule has 1 aliphatic heterocycles. The number of imidazole rings is 1. The van der Waals surface area contributed by atoms with Gasteiger partial charge in [-0.1, -0.05) is 30.3 Å². The number of carbonyl (C=O) groups is 1. The van der Waals surface area contributed by atoms with Gasteiger partial charge in [-0.3, -0.25) is 4.79 Å². The molecule has 0 radical (unpaired) electrons. The minimum Gasteiger partial charge on any atom is -0.381 e. The standard InChI is InChI=1S/C19H23N3O2/c1-24-17-11-14(17)19(23)22-10-6-5-9-16(22)18-20-12-15(21-18)13-7-3-2-4-8-13/h2-4,7-8,12,14,16-17H,5-6,9-11H2,1H3,(H,20,21). The number of nitrogens with one attached hydrogen (secondary N) is 1. The highest BCUT2D eigenvalue weighted by molar-refractivity contribution is 5.82. The van der Waals surface area contributed by atoms with Gasteiger partial charge < -0.3 is 14.6 Å². The van der Waals surface area contributed by atoms with E-state index in [1.54, 1.807) is 7.11 Å². The number of rotatable bonds is 4. The van der Waals surface area contributed by atoms with Crippen molar-refractivity contribution in [3.8, 4) is 11.3 Å². The van der Waals surface area contributed by atoms with Crippen LogP contribution in [-0.4, -0.2) is 40.5 Å². The normalized spacial score (nSPS) is 26.4. The van der Waals surface area contributed by atoms with Crippen molar-refractivity contribution in [3.63, 3.8) is 0 Å². The highest BCUT2D eigenvalue weighted by atomic mass is 16.5. The van der Waals surface area contributed by atoms with E-state index in [1.807, 2.05) is 29.3 Å². The van der Waals surface area contributed by atoms with Crippen LogP contribution in [0.1, 0.15) is 37.5 Å². The first-order valence-corrected chi connectivity index (χ1v) is 8.72. The molecule has 3 unspecified atom stereocenters. The summed E-state index contributed by atoms with van der Waals surface area (Å²) in [7, 11) is 1.68. The summed E-state index contributed by atoms with van der Waals surface area (Å²) in [5.41, 5.74) is 2.03. The molecular weight excluding hydrogens is 302 g/mol. The second-order valence-corrected chi connectivity index (χ2v) is 6.70. The average molecular weight is 325 g/mol. The molecule has 1 aliphatic carbocycles. The number of aromatic amines is 1. The van der Waals surface area contributed by atoms with Crippen LogP contribution in [0.3, 0.4) is 0 Å². The summed E-state index contributed by atoms with van der Waals surface area (Å²) >= 11 is 0. The molecular formula is C19H23N3O2. The minimum atomic E-state index is 0.0409. The number of H-pyrrole nitrogens is 1.